The summed E-state index contributed by atoms with van der Waals surface area (Å²) in [6.45, 7) is 1.98. The van der Waals surface area contributed by atoms with Gasteiger partial charge in [-0.1, -0.05) is 18.5 Å². The average molecular weight is 237 g/mol. The molecule has 1 aromatic rings. The molecule has 0 saturated heterocycles. The van der Waals surface area contributed by atoms with Crippen molar-refractivity contribution in [2.24, 2.45) is 0 Å². The largest absolute Gasteiger partial charge is 0.300 e. The molecule has 0 aliphatic rings. The van der Waals surface area contributed by atoms with Gasteiger partial charge in [0.05, 0.1) is 12.4 Å². The highest BCUT2D eigenvalue weighted by molar-refractivity contribution is 7.90. The van der Waals surface area contributed by atoms with Gasteiger partial charge in [0.1, 0.15) is 5.15 Å². The van der Waals surface area contributed by atoms with Crippen LogP contribution in [0.2, 0.25) is 5.15 Å². The second-order valence-electron chi connectivity index (χ2n) is 2.33. The first-order chi connectivity index (χ1) is 6.53. The average Bonchev–Trinajstić information content (AvgIpc) is 2.08. The fraction of sp³-hybridized carbons (Fsp3) is 0.333. The summed E-state index contributed by atoms with van der Waals surface area (Å²) in [5.41, 5.74) is 0. The predicted octanol–water partition coefficient (Wildman–Crippen LogP) is 0.396. The molecule has 0 spiro atoms. The van der Waals surface area contributed by atoms with Crippen LogP contribution in [0.3, 0.4) is 0 Å². The van der Waals surface area contributed by atoms with Crippen molar-refractivity contribution < 1.29 is 8.42 Å². The first-order valence-corrected chi connectivity index (χ1v) is 5.64. The standard InChI is InChI=1S/C6H9ClN4O2S/c1-2-10-14(12,13)11-6-4-8-5(7)3-9-6/h3-4,10H,2H2,1H3,(H,9,11). The zero-order chi connectivity index (χ0) is 10.6. The molecule has 2 N–H and O–H groups in total. The van der Waals surface area contributed by atoms with Crippen LogP contribution in [0.1, 0.15) is 6.92 Å². The van der Waals surface area contributed by atoms with Crippen molar-refractivity contribution in [1.82, 2.24) is 14.7 Å². The van der Waals surface area contributed by atoms with Crippen LogP contribution >= 0.6 is 11.6 Å². The van der Waals surface area contributed by atoms with E-state index in [-0.39, 0.29) is 11.0 Å². The van der Waals surface area contributed by atoms with E-state index in [1.54, 1.807) is 6.92 Å². The lowest BCUT2D eigenvalue weighted by atomic mass is 10.7. The van der Waals surface area contributed by atoms with E-state index in [0.29, 0.717) is 6.54 Å². The summed E-state index contributed by atoms with van der Waals surface area (Å²) in [6.07, 6.45) is 2.49. The van der Waals surface area contributed by atoms with Crippen molar-refractivity contribution in [1.29, 1.82) is 0 Å². The van der Waals surface area contributed by atoms with Crippen LogP contribution in [-0.2, 0) is 10.2 Å². The van der Waals surface area contributed by atoms with Gasteiger partial charge in [0, 0.05) is 6.54 Å². The molecule has 0 amide bonds. The monoisotopic (exact) mass is 236 g/mol. The molecular weight excluding hydrogens is 228 g/mol. The van der Waals surface area contributed by atoms with Crippen LogP contribution in [0.25, 0.3) is 0 Å². The minimum Gasteiger partial charge on any atom is -0.253 e. The zero-order valence-corrected chi connectivity index (χ0v) is 8.93. The number of aromatic nitrogens is 2. The second kappa shape index (κ2) is 4.54. The molecule has 14 heavy (non-hydrogen) atoms. The number of nitrogens with one attached hydrogen (secondary N) is 2. The van der Waals surface area contributed by atoms with Crippen LogP contribution in [0, 0.1) is 0 Å². The molecule has 78 valence electrons. The maximum Gasteiger partial charge on any atom is 0.300 e. The van der Waals surface area contributed by atoms with E-state index >= 15 is 0 Å². The third-order valence-corrected chi connectivity index (χ3v) is 2.54. The Morgan fingerprint density at radius 1 is 1.43 bits per heavy atom. The lowest BCUT2D eigenvalue weighted by Crippen LogP contribution is -2.30. The summed E-state index contributed by atoms with van der Waals surface area (Å²) in [4.78, 5) is 7.39. The first kappa shape index (κ1) is 11.2. The van der Waals surface area contributed by atoms with Gasteiger partial charge in [0.25, 0.3) is 10.2 Å². The Labute approximate surface area is 86.9 Å². The second-order valence-corrected chi connectivity index (χ2v) is 4.21. The molecule has 0 radical (unpaired) electrons. The Bertz CT molecular complexity index is 391. The minimum atomic E-state index is -3.54. The van der Waals surface area contributed by atoms with E-state index in [4.69, 9.17) is 11.6 Å². The number of hydrogen-bond acceptors (Lipinski definition) is 4. The molecule has 0 aromatic carbocycles. The van der Waals surface area contributed by atoms with Crippen molar-refractivity contribution in [3.63, 3.8) is 0 Å². The predicted molar refractivity (Wildman–Crippen MR) is 53.3 cm³/mol. The van der Waals surface area contributed by atoms with E-state index in [9.17, 15) is 8.42 Å². The van der Waals surface area contributed by atoms with Gasteiger partial charge in [-0.05, 0) is 0 Å². The van der Waals surface area contributed by atoms with E-state index in [2.05, 4.69) is 19.4 Å². The summed E-state index contributed by atoms with van der Waals surface area (Å²) in [5.74, 6) is 0.121. The Hall–Kier alpha value is -0.920. The summed E-state index contributed by atoms with van der Waals surface area (Å²) in [7, 11) is -3.54. The summed E-state index contributed by atoms with van der Waals surface area (Å²) in [5, 5.41) is 0.205. The van der Waals surface area contributed by atoms with Crippen molar-refractivity contribution in [2.75, 3.05) is 11.3 Å². The first-order valence-electron chi connectivity index (χ1n) is 3.78. The van der Waals surface area contributed by atoms with E-state index in [1.807, 2.05) is 0 Å². The third-order valence-electron chi connectivity index (χ3n) is 1.19. The smallest absolute Gasteiger partial charge is 0.253 e. The van der Waals surface area contributed by atoms with Gasteiger partial charge in [0.2, 0.25) is 0 Å². The maximum atomic E-state index is 11.2. The molecule has 0 unspecified atom stereocenters. The van der Waals surface area contributed by atoms with Gasteiger partial charge in [-0.2, -0.15) is 13.1 Å². The molecule has 1 rings (SSSR count). The van der Waals surface area contributed by atoms with Gasteiger partial charge in [-0.15, -0.1) is 0 Å². The zero-order valence-electron chi connectivity index (χ0n) is 7.36. The number of rotatable bonds is 4. The van der Waals surface area contributed by atoms with Gasteiger partial charge in [-0.25, -0.2) is 9.97 Å². The fourth-order valence-electron chi connectivity index (χ4n) is 0.729. The molecule has 1 aromatic heterocycles. The fourth-order valence-corrected chi connectivity index (χ4v) is 1.66. The topological polar surface area (TPSA) is 84.0 Å². The van der Waals surface area contributed by atoms with Crippen LogP contribution < -0.4 is 9.44 Å². The van der Waals surface area contributed by atoms with E-state index in [0.717, 1.165) is 0 Å². The van der Waals surface area contributed by atoms with Crippen molar-refractivity contribution in [3.05, 3.63) is 17.5 Å². The van der Waals surface area contributed by atoms with Gasteiger partial charge >= 0.3 is 0 Å². The lowest BCUT2D eigenvalue weighted by molar-refractivity contribution is 0.589. The molecule has 6 nitrogen and oxygen atoms in total. The number of hydrogen-bond donors (Lipinski definition) is 2. The highest BCUT2D eigenvalue weighted by atomic mass is 35.5. The molecule has 0 saturated carbocycles. The highest BCUT2D eigenvalue weighted by Gasteiger charge is 2.08. The number of nitrogens with zero attached hydrogens (tertiary/aromatic N) is 2. The summed E-state index contributed by atoms with van der Waals surface area (Å²) >= 11 is 5.48. The van der Waals surface area contributed by atoms with Crippen molar-refractivity contribution in [2.45, 2.75) is 6.92 Å². The minimum absolute atomic E-state index is 0.121. The Balaban J connectivity index is 2.74. The Morgan fingerprint density at radius 3 is 2.64 bits per heavy atom. The van der Waals surface area contributed by atoms with Gasteiger partial charge < -0.3 is 0 Å². The van der Waals surface area contributed by atoms with Crippen molar-refractivity contribution >= 4 is 27.6 Å². The van der Waals surface area contributed by atoms with E-state index in [1.165, 1.54) is 12.4 Å². The molecule has 0 atom stereocenters. The Morgan fingerprint density at radius 2 is 2.14 bits per heavy atom. The lowest BCUT2D eigenvalue weighted by Gasteiger charge is -2.05. The van der Waals surface area contributed by atoms with Crippen LogP contribution in [0.5, 0.6) is 0 Å². The summed E-state index contributed by atoms with van der Waals surface area (Å²) < 4.78 is 26.7. The normalized spacial score (nSPS) is 11.3. The highest BCUT2D eigenvalue weighted by Crippen LogP contribution is 2.05. The molecule has 0 aliphatic carbocycles. The van der Waals surface area contributed by atoms with Gasteiger partial charge in [0.15, 0.2) is 5.82 Å². The maximum absolute atomic E-state index is 11.2. The quantitative estimate of drug-likeness (QED) is 0.793. The third kappa shape index (κ3) is 3.44. The van der Waals surface area contributed by atoms with Crippen LogP contribution in [-0.4, -0.2) is 24.9 Å². The summed E-state index contributed by atoms with van der Waals surface area (Å²) in [6, 6.07) is 0. The van der Waals surface area contributed by atoms with E-state index < -0.39 is 10.2 Å². The molecule has 0 aliphatic heterocycles. The molecule has 0 bridgehead atoms. The number of halogens is 1. The van der Waals surface area contributed by atoms with Crippen molar-refractivity contribution in [3.8, 4) is 0 Å². The van der Waals surface area contributed by atoms with Gasteiger partial charge in [-0.3, -0.25) is 4.72 Å². The molecule has 1 heterocycles. The number of anilines is 1. The molecule has 8 heteroatoms. The van der Waals surface area contributed by atoms with Crippen LogP contribution in [0.4, 0.5) is 5.82 Å². The van der Waals surface area contributed by atoms with Crippen LogP contribution in [0.15, 0.2) is 12.4 Å². The molecule has 0 fully saturated rings. The SMILES string of the molecule is CCNS(=O)(=O)Nc1cnc(Cl)cn1. The molecular formula is C6H9ClN4O2S. The Kier molecular flexibility index (Phi) is 3.62.